The zero-order valence-corrected chi connectivity index (χ0v) is 36.0. The van der Waals surface area contributed by atoms with Crippen molar-refractivity contribution < 1.29 is 0 Å². The van der Waals surface area contributed by atoms with Crippen LogP contribution in [0.2, 0.25) is 0 Å². The first-order valence-electron chi connectivity index (χ1n) is 22.3. The van der Waals surface area contributed by atoms with Crippen LogP contribution in [0, 0.1) is 0 Å². The second-order valence-corrected chi connectivity index (χ2v) is 18.1. The summed E-state index contributed by atoms with van der Waals surface area (Å²) in [7, 11) is 0. The number of rotatable bonds is 7. The van der Waals surface area contributed by atoms with Crippen LogP contribution in [-0.4, -0.2) is 0 Å². The number of benzene rings is 9. The maximum atomic E-state index is 2.49. The molecule has 0 saturated heterocycles. The van der Waals surface area contributed by atoms with E-state index in [1.54, 1.807) is 0 Å². The first-order chi connectivity index (χ1) is 31.8. The van der Waals surface area contributed by atoms with E-state index in [0.29, 0.717) is 0 Å². The predicted octanol–water partition coefficient (Wildman–Crippen LogP) is 17.1. The van der Waals surface area contributed by atoms with E-state index in [2.05, 4.69) is 240 Å². The molecule has 3 aliphatic carbocycles. The molecule has 0 aliphatic heterocycles. The first-order valence-corrected chi connectivity index (χ1v) is 23.1. The smallest absolute Gasteiger partial charge is 0.0820 e. The van der Waals surface area contributed by atoms with E-state index < -0.39 is 5.41 Å². The summed E-state index contributed by atoms with van der Waals surface area (Å²) in [6.07, 6.45) is 8.86. The fourth-order valence-corrected chi connectivity index (χ4v) is 12.5. The third kappa shape index (κ3) is 5.44. The molecule has 1 heterocycles. The van der Waals surface area contributed by atoms with Gasteiger partial charge in [0.1, 0.15) is 0 Å². The summed E-state index contributed by atoms with van der Waals surface area (Å²) < 4.78 is 1.31. The highest BCUT2D eigenvalue weighted by Gasteiger charge is 2.54. The fourth-order valence-electron chi connectivity index (χ4n) is 11.0. The van der Waals surface area contributed by atoms with Gasteiger partial charge < -0.3 is 9.80 Å². The van der Waals surface area contributed by atoms with E-state index >= 15 is 0 Å². The Kier molecular flexibility index (Phi) is 8.47. The first kappa shape index (κ1) is 36.9. The van der Waals surface area contributed by atoms with Crippen LogP contribution in [-0.2, 0) is 5.41 Å². The minimum Gasteiger partial charge on any atom is -0.310 e. The Labute approximate surface area is 378 Å². The van der Waals surface area contributed by atoms with Crippen molar-refractivity contribution in [2.24, 2.45) is 0 Å². The molecule has 0 bridgehead atoms. The molecule has 0 radical (unpaired) electrons. The lowest BCUT2D eigenvalue weighted by molar-refractivity contribution is 0.811. The Morgan fingerprint density at radius 3 is 1.88 bits per heavy atom. The minimum atomic E-state index is -0.517. The maximum absolute atomic E-state index is 2.49. The van der Waals surface area contributed by atoms with E-state index in [1.807, 2.05) is 11.3 Å². The van der Waals surface area contributed by atoms with E-state index in [1.165, 1.54) is 81.5 Å². The third-order valence-corrected chi connectivity index (χ3v) is 15.0. The number of allylic oxidation sites excluding steroid dienone is 4. The van der Waals surface area contributed by atoms with Crippen molar-refractivity contribution in [3.05, 3.63) is 258 Å². The molecule has 10 aromatic rings. The number of para-hydroxylation sites is 2. The molecule has 1 aromatic heterocycles. The molecule has 0 saturated carbocycles. The van der Waals surface area contributed by atoms with Crippen LogP contribution in [0.15, 0.2) is 231 Å². The second-order valence-electron chi connectivity index (χ2n) is 17.1. The van der Waals surface area contributed by atoms with Gasteiger partial charge in [0.2, 0.25) is 0 Å². The summed E-state index contributed by atoms with van der Waals surface area (Å²) in [5.74, 6) is 0. The van der Waals surface area contributed by atoms with Crippen LogP contribution in [0.5, 0.6) is 0 Å². The summed E-state index contributed by atoms with van der Waals surface area (Å²) in [6.45, 7) is 0. The van der Waals surface area contributed by atoms with Gasteiger partial charge >= 0.3 is 0 Å². The van der Waals surface area contributed by atoms with E-state index in [-0.39, 0.29) is 0 Å². The summed E-state index contributed by atoms with van der Waals surface area (Å²) >= 11 is 1.96. The predicted molar refractivity (Wildman–Crippen MR) is 271 cm³/mol. The Balaban J connectivity index is 1.06. The SMILES string of the molecule is C1=CCCC(c2ccc(N(c3ccccc3)c3ccc4c(c3)-c3c(sc5ccccc35)C43c4ccccc4-c4c(N(c5ccccc5)c5cccc6ccccc56)cccc43)cc2)=C1. The molecular formula is C61H42N2S. The zero-order chi connectivity index (χ0) is 42.2. The molecule has 0 N–H and O–H groups in total. The Morgan fingerprint density at radius 1 is 0.438 bits per heavy atom. The van der Waals surface area contributed by atoms with Crippen LogP contribution in [0.4, 0.5) is 34.1 Å². The van der Waals surface area contributed by atoms with E-state index in [4.69, 9.17) is 0 Å². The summed E-state index contributed by atoms with van der Waals surface area (Å²) in [5.41, 5.74) is 18.3. The van der Waals surface area contributed by atoms with Gasteiger partial charge in [-0.25, -0.2) is 0 Å². The zero-order valence-electron chi connectivity index (χ0n) is 35.2. The topological polar surface area (TPSA) is 6.48 Å². The molecule has 9 aromatic carbocycles. The lowest BCUT2D eigenvalue weighted by Crippen LogP contribution is -2.25. The summed E-state index contributed by atoms with van der Waals surface area (Å²) in [6, 6.07) is 79.0. The normalized spacial score (nSPS) is 15.5. The van der Waals surface area contributed by atoms with Gasteiger partial charge in [0.15, 0.2) is 0 Å². The van der Waals surface area contributed by atoms with Gasteiger partial charge in [0, 0.05) is 54.2 Å². The molecule has 3 heteroatoms. The standard InChI is InChI=1S/C61H42N2S/c1-4-18-41(19-5-1)42-34-36-46(37-35-42)62(44-22-6-2-7-23-44)47-38-39-53-51(40-47)58-50-28-13-15-33-57(50)64-60(58)61(53)52-29-14-12-27-49(52)59-54(61)30-17-32-56(59)63(45-24-8-3-9-25-45)55-31-16-21-43-20-10-11-26-48(43)55/h1-4,6-18,20-40H,5,19H2. The number of hydrogen-bond donors (Lipinski definition) is 0. The fraction of sp³-hybridized carbons (Fsp3) is 0.0492. The summed E-state index contributed by atoms with van der Waals surface area (Å²) in [5, 5.41) is 3.76. The van der Waals surface area contributed by atoms with Crippen molar-refractivity contribution in [2.75, 3.05) is 9.80 Å². The molecular weight excluding hydrogens is 793 g/mol. The van der Waals surface area contributed by atoms with Crippen LogP contribution in [0.3, 0.4) is 0 Å². The van der Waals surface area contributed by atoms with Crippen LogP contribution in [0.1, 0.15) is 40.0 Å². The number of hydrogen-bond acceptors (Lipinski definition) is 3. The van der Waals surface area contributed by atoms with Crippen molar-refractivity contribution in [1.29, 1.82) is 0 Å². The highest BCUT2D eigenvalue weighted by Crippen LogP contribution is 2.68. The maximum Gasteiger partial charge on any atom is 0.0820 e. The molecule has 1 spiro atoms. The van der Waals surface area contributed by atoms with Gasteiger partial charge in [-0.15, -0.1) is 11.3 Å². The monoisotopic (exact) mass is 834 g/mol. The van der Waals surface area contributed by atoms with Gasteiger partial charge in [-0.1, -0.05) is 164 Å². The van der Waals surface area contributed by atoms with Crippen molar-refractivity contribution >= 4 is 71.9 Å². The molecule has 2 nitrogen and oxygen atoms in total. The molecule has 0 fully saturated rings. The largest absolute Gasteiger partial charge is 0.310 e. The third-order valence-electron chi connectivity index (χ3n) is 13.7. The Morgan fingerprint density at radius 2 is 1.06 bits per heavy atom. The number of anilines is 6. The highest BCUT2D eigenvalue weighted by molar-refractivity contribution is 7.20. The quantitative estimate of drug-likeness (QED) is 0.158. The lowest BCUT2D eigenvalue weighted by atomic mass is 9.74. The molecule has 302 valence electrons. The summed E-state index contributed by atoms with van der Waals surface area (Å²) in [4.78, 5) is 6.31. The number of fused-ring (bicyclic) bond motifs is 13. The molecule has 1 atom stereocenters. The van der Waals surface area contributed by atoms with Gasteiger partial charge in [-0.3, -0.25) is 0 Å². The molecule has 64 heavy (non-hydrogen) atoms. The lowest BCUT2D eigenvalue weighted by Gasteiger charge is -2.32. The van der Waals surface area contributed by atoms with Crippen molar-refractivity contribution in [2.45, 2.75) is 18.3 Å². The molecule has 13 rings (SSSR count). The molecule has 0 amide bonds. The Bertz CT molecular complexity index is 3500. The van der Waals surface area contributed by atoms with Gasteiger partial charge in [0.25, 0.3) is 0 Å². The van der Waals surface area contributed by atoms with Gasteiger partial charge in [0.05, 0.1) is 16.8 Å². The van der Waals surface area contributed by atoms with E-state index in [0.717, 1.165) is 41.3 Å². The number of nitrogens with zero attached hydrogens (tertiary/aromatic N) is 2. The second kappa shape index (κ2) is 14.7. The van der Waals surface area contributed by atoms with Crippen molar-refractivity contribution in [1.82, 2.24) is 0 Å². The Hall–Kier alpha value is -7.72. The van der Waals surface area contributed by atoms with Crippen LogP contribution < -0.4 is 9.80 Å². The van der Waals surface area contributed by atoms with Crippen LogP contribution in [0.25, 0.3) is 48.7 Å². The highest BCUT2D eigenvalue weighted by atomic mass is 32.1. The van der Waals surface area contributed by atoms with Crippen molar-refractivity contribution in [3.8, 4) is 22.3 Å². The van der Waals surface area contributed by atoms with Gasteiger partial charge in [-0.05, 0) is 124 Å². The van der Waals surface area contributed by atoms with E-state index in [9.17, 15) is 0 Å². The van der Waals surface area contributed by atoms with Gasteiger partial charge in [-0.2, -0.15) is 0 Å². The van der Waals surface area contributed by atoms with Crippen LogP contribution >= 0.6 is 11.3 Å². The molecule has 3 aliphatic rings. The average Bonchev–Trinajstić information content (AvgIpc) is 3.99. The average molecular weight is 835 g/mol. The van der Waals surface area contributed by atoms with Crippen molar-refractivity contribution in [3.63, 3.8) is 0 Å². The minimum absolute atomic E-state index is 0.517. The molecule has 1 unspecified atom stereocenters. The number of thiophene rings is 1.